The summed E-state index contributed by atoms with van der Waals surface area (Å²) in [6, 6.07) is -3.16. The molecule has 1 fully saturated rings. The molecule has 2 aromatic rings. The topological polar surface area (TPSA) is 36.3 Å². The highest BCUT2D eigenvalue weighted by molar-refractivity contribution is 6.61. The van der Waals surface area contributed by atoms with Crippen molar-refractivity contribution in [3.8, 4) is 5.69 Å². The summed E-state index contributed by atoms with van der Waals surface area (Å²) in [6.45, 7) is 4.35. The molecular weight excluding hydrogens is 263 g/mol. The Hall–Kier alpha value is -1.59. The lowest BCUT2D eigenvalue weighted by molar-refractivity contribution is 0.00578. The van der Waals surface area contributed by atoms with Crippen molar-refractivity contribution in [2.75, 3.05) is 0 Å². The zero-order valence-corrected chi connectivity index (χ0v) is 12.3. The van der Waals surface area contributed by atoms with Crippen molar-refractivity contribution in [2.45, 2.75) is 45.7 Å². The molecule has 2 heterocycles. The molecule has 0 bridgehead atoms. The third-order valence-electron chi connectivity index (χ3n) is 3.80. The summed E-state index contributed by atoms with van der Waals surface area (Å²) in [5.41, 5.74) is -2.69. The van der Waals surface area contributed by atoms with Crippen LogP contribution >= 0.6 is 0 Å². The quantitative estimate of drug-likeness (QED) is 0.798. The van der Waals surface area contributed by atoms with Gasteiger partial charge in [-0.15, -0.1) is 0 Å². The Morgan fingerprint density at radius 2 is 1.90 bits per heavy atom. The van der Waals surface area contributed by atoms with Gasteiger partial charge < -0.3 is 9.31 Å². The molecule has 0 amide bonds. The maximum atomic E-state index is 8.28. The molecule has 3 rings (SSSR count). The molecule has 0 atom stereocenters. The minimum Gasteiger partial charge on any atom is -0.398 e. The third kappa shape index (κ3) is 2.52. The molecule has 5 heteroatoms. The number of hydrogen-bond acceptors (Lipinski definition) is 3. The van der Waals surface area contributed by atoms with Crippen molar-refractivity contribution in [1.82, 2.24) is 9.78 Å². The van der Waals surface area contributed by atoms with Crippen LogP contribution in [0.25, 0.3) is 5.69 Å². The number of nitrogens with zero attached hydrogens (tertiary/aromatic N) is 2. The lowest BCUT2D eigenvalue weighted by Crippen LogP contribution is -2.41. The van der Waals surface area contributed by atoms with Gasteiger partial charge in [0, 0.05) is 10.3 Å². The first-order valence-corrected chi connectivity index (χ1v) is 6.54. The van der Waals surface area contributed by atoms with Gasteiger partial charge in [-0.25, -0.2) is 4.68 Å². The van der Waals surface area contributed by atoms with E-state index in [1.807, 2.05) is 0 Å². The summed E-state index contributed by atoms with van der Waals surface area (Å²) in [5.74, 6) is 0. The zero-order chi connectivity index (χ0) is 23.0. The van der Waals surface area contributed by atoms with Crippen LogP contribution in [0.3, 0.4) is 0 Å². The van der Waals surface area contributed by atoms with Crippen LogP contribution in [0.5, 0.6) is 0 Å². The van der Waals surface area contributed by atoms with Crippen LogP contribution in [0.2, 0.25) is 0 Å². The molecule has 1 aromatic heterocycles. The second-order valence-corrected chi connectivity index (χ2v) is 5.85. The summed E-state index contributed by atoms with van der Waals surface area (Å²) in [5, 5.41) is 4.13. The normalized spacial score (nSPS) is 26.7. The van der Waals surface area contributed by atoms with E-state index in [1.165, 1.54) is 0 Å². The summed E-state index contributed by atoms with van der Waals surface area (Å²) < 4.78 is 84.0. The van der Waals surface area contributed by atoms with Gasteiger partial charge in [0.25, 0.3) is 0 Å². The molecule has 0 spiro atoms. The predicted molar refractivity (Wildman–Crippen MR) is 84.0 cm³/mol. The molecule has 1 aromatic carbocycles. The monoisotopic (exact) mass is 293 g/mol. The zero-order valence-electron chi connectivity index (χ0n) is 21.3. The lowest BCUT2D eigenvalue weighted by atomic mass is 9.85. The molecule has 21 heavy (non-hydrogen) atoms. The molecule has 1 aliphatic rings. The van der Waals surface area contributed by atoms with Gasteiger partial charge in [0.1, 0.15) is 0 Å². The molecule has 0 radical (unpaired) electrons. The maximum absolute atomic E-state index is 8.28. The standard InChI is InChI=1S/C16H21BN2O2/c1-12-7-6-8-13(11-12)19-10-9-14(18-19)17-20-15(2,3)16(4,5)21-17/h6-11H,1-5H3/i1D3,6D,7D,8D,9D,10D,11D. The maximum Gasteiger partial charge on any atom is 0.516 e. The largest absolute Gasteiger partial charge is 0.516 e. The lowest BCUT2D eigenvalue weighted by Gasteiger charge is -2.32. The van der Waals surface area contributed by atoms with Crippen LogP contribution in [-0.4, -0.2) is 28.1 Å². The first-order chi connectivity index (χ1) is 13.5. The van der Waals surface area contributed by atoms with E-state index in [2.05, 4.69) is 5.10 Å². The average molecular weight is 293 g/mol. The van der Waals surface area contributed by atoms with Gasteiger partial charge in [-0.2, -0.15) is 5.10 Å². The van der Waals surface area contributed by atoms with E-state index in [0.29, 0.717) is 0 Å². The highest BCUT2D eigenvalue weighted by Crippen LogP contribution is 2.36. The molecule has 4 nitrogen and oxygen atoms in total. The van der Waals surface area contributed by atoms with Crippen LogP contribution in [-0.2, 0) is 9.31 Å². The molecule has 0 saturated carbocycles. The van der Waals surface area contributed by atoms with Crippen molar-refractivity contribution >= 4 is 12.7 Å². The fourth-order valence-corrected chi connectivity index (χ4v) is 1.87. The van der Waals surface area contributed by atoms with E-state index < -0.39 is 66.8 Å². The van der Waals surface area contributed by atoms with E-state index in [0.717, 1.165) is 4.68 Å². The summed E-state index contributed by atoms with van der Waals surface area (Å²) in [7, 11) is -1.08. The van der Waals surface area contributed by atoms with E-state index in [1.54, 1.807) is 27.7 Å². The summed E-state index contributed by atoms with van der Waals surface area (Å²) >= 11 is 0. The molecule has 110 valence electrons. The number of hydrogen-bond donors (Lipinski definition) is 0. The van der Waals surface area contributed by atoms with Crippen LogP contribution in [0.1, 0.15) is 45.6 Å². The average Bonchev–Trinajstić information content (AvgIpc) is 2.98. The van der Waals surface area contributed by atoms with Gasteiger partial charge in [-0.1, -0.05) is 12.1 Å². The van der Waals surface area contributed by atoms with Crippen LogP contribution in [0.4, 0.5) is 0 Å². The molecular formula is C16H21BN2O2. The van der Waals surface area contributed by atoms with E-state index in [9.17, 15) is 0 Å². The van der Waals surface area contributed by atoms with Gasteiger partial charge in [0.15, 0.2) is 0 Å². The molecule has 0 unspecified atom stereocenters. The molecule has 1 aliphatic heterocycles. The Kier molecular flexibility index (Phi) is 1.60. The fourth-order valence-electron chi connectivity index (χ4n) is 1.87. The minimum absolute atomic E-state index is 0.0608. The van der Waals surface area contributed by atoms with Crippen molar-refractivity contribution in [3.63, 3.8) is 0 Å². The van der Waals surface area contributed by atoms with Gasteiger partial charge in [-0.05, 0) is 58.2 Å². The Bertz CT molecular complexity index is 1020. The Labute approximate surface area is 138 Å². The Balaban J connectivity index is 2.23. The van der Waals surface area contributed by atoms with Crippen LogP contribution in [0.15, 0.2) is 36.4 Å². The predicted octanol–water partition coefficient (Wildman–Crippen LogP) is 2.48. The Morgan fingerprint density at radius 3 is 2.57 bits per heavy atom. The minimum atomic E-state index is -2.87. The van der Waals surface area contributed by atoms with Crippen molar-refractivity contribution < 1.29 is 21.6 Å². The highest BCUT2D eigenvalue weighted by Gasteiger charge is 2.52. The van der Waals surface area contributed by atoms with Crippen molar-refractivity contribution in [1.29, 1.82) is 0 Å². The highest BCUT2D eigenvalue weighted by atomic mass is 16.7. The number of aromatic nitrogens is 2. The Morgan fingerprint density at radius 1 is 1.19 bits per heavy atom. The van der Waals surface area contributed by atoms with Crippen molar-refractivity contribution in [2.24, 2.45) is 0 Å². The van der Waals surface area contributed by atoms with Crippen LogP contribution in [0, 0.1) is 6.85 Å². The van der Waals surface area contributed by atoms with Crippen LogP contribution < -0.4 is 5.59 Å². The summed E-state index contributed by atoms with van der Waals surface area (Å²) in [4.78, 5) is 0. The number of rotatable bonds is 2. The fraction of sp³-hybridized carbons (Fsp3) is 0.438. The number of benzene rings is 1. The van der Waals surface area contributed by atoms with Gasteiger partial charge in [-0.3, -0.25) is 0 Å². The summed E-state index contributed by atoms with van der Waals surface area (Å²) in [6.07, 6.45) is -0.518. The van der Waals surface area contributed by atoms with E-state index in [-0.39, 0.29) is 11.6 Å². The molecule has 0 N–H and O–H groups in total. The van der Waals surface area contributed by atoms with E-state index >= 15 is 0 Å². The van der Waals surface area contributed by atoms with Crippen molar-refractivity contribution in [3.05, 3.63) is 41.9 Å². The first-order valence-electron chi connectivity index (χ1n) is 11.0. The second-order valence-electron chi connectivity index (χ2n) is 5.85. The van der Waals surface area contributed by atoms with Gasteiger partial charge in [0.05, 0.1) is 30.7 Å². The van der Waals surface area contributed by atoms with Gasteiger partial charge in [0.2, 0.25) is 0 Å². The third-order valence-corrected chi connectivity index (χ3v) is 3.80. The molecule has 0 aliphatic carbocycles. The SMILES string of the molecule is [2H]c1c([2H])c(-n2nc(B3OC(C)(C)C(C)(C)O3)c([2H])c2[2H])c([2H])c(C([2H])([2H])[2H])c1[2H]. The smallest absolute Gasteiger partial charge is 0.398 e. The first kappa shape index (κ1) is 7.12. The van der Waals surface area contributed by atoms with Gasteiger partial charge >= 0.3 is 7.12 Å². The molecule has 1 saturated heterocycles. The second kappa shape index (κ2) is 4.72. The van der Waals surface area contributed by atoms with E-state index in [4.69, 9.17) is 21.6 Å².